The molecule has 0 aromatic heterocycles. The molecular formula is C16H31NO. The van der Waals surface area contributed by atoms with E-state index in [0.717, 1.165) is 38.3 Å². The third-order valence-electron chi connectivity index (χ3n) is 5.00. The minimum Gasteiger partial charge on any atom is -0.298 e. The summed E-state index contributed by atoms with van der Waals surface area (Å²) in [5.74, 6) is 1.28. The Morgan fingerprint density at radius 2 is 1.72 bits per heavy atom. The highest BCUT2D eigenvalue weighted by atomic mass is 16.1. The lowest BCUT2D eigenvalue weighted by atomic mass is 9.86. The standard InChI is InChI=1S/C16H31NO/c1-5-16(4,17(6-2)7-3)15(18)13-12-14-10-8-9-11-14/h14H,5-13H2,1-4H3. The molecule has 0 bridgehead atoms. The maximum Gasteiger partial charge on any atom is 0.152 e. The number of carbonyl (C=O) groups excluding carboxylic acids is 1. The van der Waals surface area contributed by atoms with Gasteiger partial charge in [0.25, 0.3) is 0 Å². The highest BCUT2D eigenvalue weighted by molar-refractivity contribution is 5.87. The topological polar surface area (TPSA) is 20.3 Å². The van der Waals surface area contributed by atoms with E-state index >= 15 is 0 Å². The van der Waals surface area contributed by atoms with Crippen molar-refractivity contribution in [2.24, 2.45) is 5.92 Å². The fraction of sp³-hybridized carbons (Fsp3) is 0.938. The van der Waals surface area contributed by atoms with Gasteiger partial charge in [0, 0.05) is 6.42 Å². The molecule has 2 heteroatoms. The van der Waals surface area contributed by atoms with Crippen LogP contribution in [0.25, 0.3) is 0 Å². The van der Waals surface area contributed by atoms with Crippen molar-refractivity contribution in [3.63, 3.8) is 0 Å². The minimum absolute atomic E-state index is 0.234. The van der Waals surface area contributed by atoms with Crippen molar-refractivity contribution in [1.82, 2.24) is 4.90 Å². The second kappa shape index (κ2) is 7.28. The van der Waals surface area contributed by atoms with E-state index < -0.39 is 0 Å². The van der Waals surface area contributed by atoms with E-state index in [1.54, 1.807) is 0 Å². The number of ketones is 1. The first-order chi connectivity index (χ1) is 8.58. The lowest BCUT2D eigenvalue weighted by Gasteiger charge is -2.38. The third kappa shape index (κ3) is 3.57. The van der Waals surface area contributed by atoms with Crippen molar-refractivity contribution < 1.29 is 4.79 Å². The van der Waals surface area contributed by atoms with Crippen LogP contribution in [0.1, 0.15) is 72.6 Å². The summed E-state index contributed by atoms with van der Waals surface area (Å²) in [6.45, 7) is 10.5. The van der Waals surface area contributed by atoms with E-state index in [1.807, 2.05) is 0 Å². The summed E-state index contributed by atoms with van der Waals surface area (Å²) in [6, 6.07) is 0. The van der Waals surface area contributed by atoms with E-state index in [4.69, 9.17) is 0 Å². The Kier molecular flexibility index (Phi) is 6.34. The summed E-state index contributed by atoms with van der Waals surface area (Å²) >= 11 is 0. The van der Waals surface area contributed by atoms with Gasteiger partial charge in [-0.15, -0.1) is 0 Å². The van der Waals surface area contributed by atoms with Crippen LogP contribution in [0.4, 0.5) is 0 Å². The fourth-order valence-corrected chi connectivity index (χ4v) is 3.42. The van der Waals surface area contributed by atoms with Gasteiger partial charge in [0.15, 0.2) is 5.78 Å². The molecule has 0 amide bonds. The van der Waals surface area contributed by atoms with Crippen LogP contribution in [0.3, 0.4) is 0 Å². The molecule has 1 saturated carbocycles. The second-order valence-electron chi connectivity index (χ2n) is 5.91. The van der Waals surface area contributed by atoms with E-state index in [2.05, 4.69) is 32.6 Å². The van der Waals surface area contributed by atoms with E-state index in [0.29, 0.717) is 5.78 Å². The zero-order chi connectivity index (χ0) is 13.6. The zero-order valence-corrected chi connectivity index (χ0v) is 12.8. The molecule has 1 rings (SSSR count). The largest absolute Gasteiger partial charge is 0.298 e. The molecule has 1 atom stereocenters. The van der Waals surface area contributed by atoms with Crippen LogP contribution < -0.4 is 0 Å². The Hall–Kier alpha value is -0.370. The van der Waals surface area contributed by atoms with Crippen LogP contribution in [0.2, 0.25) is 0 Å². The SMILES string of the molecule is CCN(CC)C(C)(CC)C(=O)CCC1CCCC1. The average Bonchev–Trinajstić information content (AvgIpc) is 2.90. The van der Waals surface area contributed by atoms with Gasteiger partial charge in [-0.1, -0.05) is 46.5 Å². The highest BCUT2D eigenvalue weighted by Crippen LogP contribution is 2.30. The van der Waals surface area contributed by atoms with Crippen molar-refractivity contribution in [3.8, 4) is 0 Å². The normalized spacial score (nSPS) is 20.3. The Morgan fingerprint density at radius 1 is 1.17 bits per heavy atom. The van der Waals surface area contributed by atoms with Crippen LogP contribution >= 0.6 is 0 Å². The van der Waals surface area contributed by atoms with Crippen molar-refractivity contribution in [2.45, 2.75) is 78.2 Å². The fourth-order valence-electron chi connectivity index (χ4n) is 3.42. The summed E-state index contributed by atoms with van der Waals surface area (Å²) in [4.78, 5) is 14.9. The Labute approximate surface area is 113 Å². The van der Waals surface area contributed by atoms with Crippen LogP contribution in [0, 0.1) is 5.92 Å². The predicted octanol–water partition coefficient (Wildman–Crippen LogP) is 4.04. The van der Waals surface area contributed by atoms with Crippen LogP contribution in [0.15, 0.2) is 0 Å². The maximum atomic E-state index is 12.6. The van der Waals surface area contributed by atoms with Crippen LogP contribution in [-0.2, 0) is 4.79 Å². The van der Waals surface area contributed by atoms with Gasteiger partial charge in [-0.2, -0.15) is 0 Å². The minimum atomic E-state index is -0.234. The molecule has 0 aliphatic heterocycles. The molecule has 0 aromatic carbocycles. The Morgan fingerprint density at radius 3 is 2.17 bits per heavy atom. The van der Waals surface area contributed by atoms with Crippen molar-refractivity contribution in [1.29, 1.82) is 0 Å². The molecule has 0 heterocycles. The number of carbonyl (C=O) groups is 1. The molecule has 0 aromatic rings. The number of rotatable bonds is 8. The van der Waals surface area contributed by atoms with Gasteiger partial charge in [-0.05, 0) is 38.8 Å². The highest BCUT2D eigenvalue weighted by Gasteiger charge is 2.35. The summed E-state index contributed by atoms with van der Waals surface area (Å²) in [7, 11) is 0. The number of hydrogen-bond donors (Lipinski definition) is 0. The first-order valence-corrected chi connectivity index (χ1v) is 7.86. The van der Waals surface area contributed by atoms with Gasteiger partial charge in [0.2, 0.25) is 0 Å². The second-order valence-corrected chi connectivity index (χ2v) is 5.91. The van der Waals surface area contributed by atoms with Gasteiger partial charge in [0.1, 0.15) is 0 Å². The predicted molar refractivity (Wildman–Crippen MR) is 77.8 cm³/mol. The summed E-state index contributed by atoms with van der Waals surface area (Å²) in [5.41, 5.74) is -0.234. The van der Waals surface area contributed by atoms with Gasteiger partial charge in [-0.3, -0.25) is 9.69 Å². The smallest absolute Gasteiger partial charge is 0.152 e. The zero-order valence-electron chi connectivity index (χ0n) is 12.8. The molecule has 0 N–H and O–H groups in total. The first-order valence-electron chi connectivity index (χ1n) is 7.86. The maximum absolute atomic E-state index is 12.6. The van der Waals surface area contributed by atoms with Gasteiger partial charge in [0.05, 0.1) is 5.54 Å². The van der Waals surface area contributed by atoms with Gasteiger partial charge < -0.3 is 0 Å². The molecule has 0 spiro atoms. The first kappa shape index (κ1) is 15.7. The Bertz CT molecular complexity index is 254. The van der Waals surface area contributed by atoms with Crippen molar-refractivity contribution in [2.75, 3.05) is 13.1 Å². The average molecular weight is 253 g/mol. The molecule has 1 unspecified atom stereocenters. The summed E-state index contributed by atoms with van der Waals surface area (Å²) < 4.78 is 0. The lowest BCUT2D eigenvalue weighted by Crippen LogP contribution is -2.51. The summed E-state index contributed by atoms with van der Waals surface area (Å²) in [5, 5.41) is 0. The van der Waals surface area contributed by atoms with Gasteiger partial charge in [-0.25, -0.2) is 0 Å². The molecule has 1 aliphatic carbocycles. The van der Waals surface area contributed by atoms with Crippen LogP contribution in [0.5, 0.6) is 0 Å². The van der Waals surface area contributed by atoms with Crippen molar-refractivity contribution in [3.05, 3.63) is 0 Å². The van der Waals surface area contributed by atoms with Gasteiger partial charge >= 0.3 is 0 Å². The number of hydrogen-bond acceptors (Lipinski definition) is 2. The lowest BCUT2D eigenvalue weighted by molar-refractivity contribution is -0.130. The molecule has 106 valence electrons. The Balaban J connectivity index is 2.54. The molecule has 0 radical (unpaired) electrons. The third-order valence-corrected chi connectivity index (χ3v) is 5.00. The summed E-state index contributed by atoms with van der Waals surface area (Å²) in [6.07, 6.45) is 8.28. The molecular weight excluding hydrogens is 222 g/mol. The monoisotopic (exact) mass is 253 g/mol. The quantitative estimate of drug-likeness (QED) is 0.651. The number of Topliss-reactive ketones (excluding diaryl/α,β-unsaturated/α-hetero) is 1. The number of likely N-dealkylation sites (N-methyl/N-ethyl adjacent to an activating group) is 1. The van der Waals surface area contributed by atoms with E-state index in [1.165, 1.54) is 25.7 Å². The number of nitrogens with zero attached hydrogens (tertiary/aromatic N) is 1. The molecule has 1 fully saturated rings. The van der Waals surface area contributed by atoms with E-state index in [-0.39, 0.29) is 5.54 Å². The molecule has 18 heavy (non-hydrogen) atoms. The van der Waals surface area contributed by atoms with Crippen molar-refractivity contribution >= 4 is 5.78 Å². The molecule has 1 aliphatic rings. The molecule has 0 saturated heterocycles. The molecule has 2 nitrogen and oxygen atoms in total. The van der Waals surface area contributed by atoms with E-state index in [9.17, 15) is 4.79 Å². The van der Waals surface area contributed by atoms with Crippen LogP contribution in [-0.4, -0.2) is 29.3 Å².